The van der Waals surface area contributed by atoms with Crippen LogP contribution >= 0.6 is 0 Å². The zero-order chi connectivity index (χ0) is 12.2. The first-order valence-electron chi connectivity index (χ1n) is 3.78. The molecule has 0 fully saturated rings. The average Bonchev–Trinajstić information content (AvgIpc) is 2.09. The number of hydrogen-bond donors (Lipinski definition) is 3. The van der Waals surface area contributed by atoms with E-state index in [-0.39, 0.29) is 0 Å². The summed E-state index contributed by atoms with van der Waals surface area (Å²) in [4.78, 5) is 25.0. The maximum absolute atomic E-state index is 8.35. The minimum Gasteiger partial charge on any atom is -0.222 e. The lowest BCUT2D eigenvalue weighted by Gasteiger charge is -1.79. The molecule has 0 heterocycles. The summed E-state index contributed by atoms with van der Waals surface area (Å²) in [5, 5.41) is 16.2. The molecule has 0 bridgehead atoms. The normalized spacial score (nSPS) is 4.71. The van der Waals surface area contributed by atoms with Crippen LogP contribution in [-0.2, 0) is 14.4 Å². The Labute approximate surface area is 82.9 Å². The molecular weight excluding hydrogens is 186 g/mol. The molecule has 14 heavy (non-hydrogen) atoms. The molecule has 6 heteroatoms. The first-order chi connectivity index (χ1) is 6.66. The zero-order valence-electron chi connectivity index (χ0n) is 8.35. The molecule has 0 aromatic heterocycles. The average molecular weight is 201 g/mol. The molecule has 0 aliphatic heterocycles. The number of nitrogens with one attached hydrogen (secondary N) is 3. The van der Waals surface area contributed by atoms with Gasteiger partial charge in [0.05, 0.1) is 0 Å². The van der Waals surface area contributed by atoms with Gasteiger partial charge in [0.25, 0.3) is 0 Å². The minimum absolute atomic E-state index is 0.750. The van der Waals surface area contributed by atoms with Crippen molar-refractivity contribution in [3.63, 3.8) is 0 Å². The number of hydrogen-bond acceptors (Lipinski definition) is 6. The van der Waals surface area contributed by atoms with Crippen LogP contribution in [0.25, 0.3) is 0 Å². The van der Waals surface area contributed by atoms with Crippen molar-refractivity contribution in [1.82, 2.24) is 0 Å². The molecule has 0 aromatic rings. The van der Waals surface area contributed by atoms with Crippen molar-refractivity contribution in [2.24, 2.45) is 0 Å². The molecule has 0 aliphatic rings. The van der Waals surface area contributed by atoms with E-state index in [1.165, 1.54) is 19.3 Å². The van der Waals surface area contributed by atoms with Crippen molar-refractivity contribution < 1.29 is 14.4 Å². The number of carbonyl (C=O) groups excluding carboxylic acids is 3. The summed E-state index contributed by atoms with van der Waals surface area (Å²) in [7, 11) is 0. The fourth-order valence-electron chi connectivity index (χ4n) is 0.354. The van der Waals surface area contributed by atoms with Crippen LogP contribution in [0.3, 0.4) is 0 Å². The van der Waals surface area contributed by atoms with E-state index in [0.717, 1.165) is 18.2 Å². The monoisotopic (exact) mass is 201 g/mol. The van der Waals surface area contributed by atoms with Gasteiger partial charge in [0, 0.05) is 0 Å². The quantitative estimate of drug-likeness (QED) is 0.466. The standard InChI is InChI=1S/C5H12.3CHNO/c1-3-5-4-2;3*2-1-3/h3-5H2,1-2H3;3*2H. The van der Waals surface area contributed by atoms with E-state index in [0.29, 0.717) is 0 Å². The Kier molecular flexibility index (Phi) is 109. The topological polar surface area (TPSA) is 123 Å². The van der Waals surface area contributed by atoms with Gasteiger partial charge in [-0.1, -0.05) is 33.1 Å². The zero-order valence-corrected chi connectivity index (χ0v) is 8.35. The van der Waals surface area contributed by atoms with E-state index in [9.17, 15) is 0 Å². The summed E-state index contributed by atoms with van der Waals surface area (Å²) < 4.78 is 0. The van der Waals surface area contributed by atoms with E-state index in [1.807, 2.05) is 0 Å². The van der Waals surface area contributed by atoms with Crippen molar-refractivity contribution in [2.45, 2.75) is 33.1 Å². The second kappa shape index (κ2) is 66.8. The summed E-state index contributed by atoms with van der Waals surface area (Å²) >= 11 is 0. The van der Waals surface area contributed by atoms with Crippen molar-refractivity contribution >= 4 is 18.2 Å². The van der Waals surface area contributed by atoms with E-state index >= 15 is 0 Å². The lowest BCUT2D eigenvalue weighted by Crippen LogP contribution is -1.59. The Balaban J connectivity index is -0.0000000495. The van der Waals surface area contributed by atoms with E-state index in [1.54, 1.807) is 0 Å². The molecule has 0 amide bonds. The van der Waals surface area contributed by atoms with Crippen LogP contribution in [0.4, 0.5) is 0 Å². The summed E-state index contributed by atoms with van der Waals surface area (Å²) in [6, 6.07) is 0. The molecule has 0 saturated carbocycles. The SMILES string of the molecule is CCCCC.N=C=O.N=C=O.N=C=O. The van der Waals surface area contributed by atoms with Gasteiger partial charge in [-0.3, -0.25) is 0 Å². The van der Waals surface area contributed by atoms with Gasteiger partial charge in [-0.15, -0.1) is 0 Å². The predicted molar refractivity (Wildman–Crippen MR) is 50.4 cm³/mol. The first-order valence-corrected chi connectivity index (χ1v) is 3.78. The van der Waals surface area contributed by atoms with Crippen LogP contribution in [0.2, 0.25) is 0 Å². The fraction of sp³-hybridized carbons (Fsp3) is 0.625. The van der Waals surface area contributed by atoms with Gasteiger partial charge in [0.1, 0.15) is 0 Å². The van der Waals surface area contributed by atoms with Crippen LogP contribution in [0.15, 0.2) is 0 Å². The number of rotatable bonds is 2. The summed E-state index contributed by atoms with van der Waals surface area (Å²) in [6.45, 7) is 4.42. The predicted octanol–water partition coefficient (Wildman–Crippen LogP) is 1.90. The van der Waals surface area contributed by atoms with Crippen molar-refractivity contribution in [3.8, 4) is 0 Å². The second-order valence-corrected chi connectivity index (χ2v) is 1.66. The summed E-state index contributed by atoms with van der Waals surface area (Å²) in [6.07, 6.45) is 6.33. The van der Waals surface area contributed by atoms with Crippen molar-refractivity contribution in [1.29, 1.82) is 16.2 Å². The van der Waals surface area contributed by atoms with E-state index < -0.39 is 0 Å². The maximum atomic E-state index is 8.35. The van der Waals surface area contributed by atoms with Gasteiger partial charge in [0.15, 0.2) is 0 Å². The van der Waals surface area contributed by atoms with Gasteiger partial charge >= 0.3 is 0 Å². The van der Waals surface area contributed by atoms with Gasteiger partial charge in [-0.25, -0.2) is 30.6 Å². The van der Waals surface area contributed by atoms with E-state index in [2.05, 4.69) is 13.8 Å². The molecule has 6 nitrogen and oxygen atoms in total. The Bertz CT molecular complexity index is 144. The lowest BCUT2D eigenvalue weighted by atomic mass is 10.3. The minimum atomic E-state index is 0.750. The van der Waals surface area contributed by atoms with Crippen molar-refractivity contribution in [3.05, 3.63) is 0 Å². The van der Waals surface area contributed by atoms with Crippen molar-refractivity contribution in [2.75, 3.05) is 0 Å². The van der Waals surface area contributed by atoms with Gasteiger partial charge in [-0.2, -0.15) is 0 Å². The second-order valence-electron chi connectivity index (χ2n) is 1.66. The molecule has 3 N–H and O–H groups in total. The third-order valence-electron chi connectivity index (χ3n) is 0.707. The number of isocyanates is 3. The maximum Gasteiger partial charge on any atom is 0.231 e. The highest BCUT2D eigenvalue weighted by Gasteiger charge is 1.68. The van der Waals surface area contributed by atoms with Crippen LogP contribution in [0.1, 0.15) is 33.1 Å². The molecule has 0 radical (unpaired) electrons. The molecule has 0 atom stereocenters. The van der Waals surface area contributed by atoms with Gasteiger partial charge < -0.3 is 0 Å². The van der Waals surface area contributed by atoms with Crippen LogP contribution in [-0.4, -0.2) is 18.2 Å². The Morgan fingerprint density at radius 3 is 0.929 bits per heavy atom. The highest BCUT2D eigenvalue weighted by molar-refractivity contribution is 5.26. The third kappa shape index (κ3) is 43200. The first kappa shape index (κ1) is 22.7. The lowest BCUT2D eigenvalue weighted by molar-refractivity contribution is 0.562. The Morgan fingerprint density at radius 2 is 0.929 bits per heavy atom. The van der Waals surface area contributed by atoms with Crippen LogP contribution in [0, 0.1) is 16.2 Å². The molecule has 0 aromatic carbocycles. The Morgan fingerprint density at radius 1 is 0.786 bits per heavy atom. The molecule has 80 valence electrons. The molecular formula is C8H15N3O3. The molecule has 0 saturated heterocycles. The molecule has 0 spiro atoms. The fourth-order valence-corrected chi connectivity index (χ4v) is 0.354. The number of unbranched alkanes of at least 4 members (excludes halogenated alkanes) is 2. The molecule has 0 rings (SSSR count). The van der Waals surface area contributed by atoms with Gasteiger partial charge in [-0.05, 0) is 0 Å². The van der Waals surface area contributed by atoms with E-state index in [4.69, 9.17) is 30.6 Å². The smallest absolute Gasteiger partial charge is 0.222 e. The van der Waals surface area contributed by atoms with Crippen LogP contribution in [0.5, 0.6) is 0 Å². The van der Waals surface area contributed by atoms with Crippen LogP contribution < -0.4 is 0 Å². The Hall–Kier alpha value is -1.86. The summed E-state index contributed by atoms with van der Waals surface area (Å²) in [5.74, 6) is 0. The third-order valence-corrected chi connectivity index (χ3v) is 0.707. The van der Waals surface area contributed by atoms with Gasteiger partial charge in [0.2, 0.25) is 18.2 Å². The summed E-state index contributed by atoms with van der Waals surface area (Å²) in [5.41, 5.74) is 0. The largest absolute Gasteiger partial charge is 0.231 e. The highest BCUT2D eigenvalue weighted by atomic mass is 16.1. The molecule has 0 aliphatic carbocycles. The highest BCUT2D eigenvalue weighted by Crippen LogP contribution is 1.88. The molecule has 0 unspecified atom stereocenters.